The van der Waals surface area contributed by atoms with Crippen LogP contribution in [0.1, 0.15) is 134 Å². The van der Waals surface area contributed by atoms with E-state index in [1.165, 1.54) is 29.2 Å². The van der Waals surface area contributed by atoms with Crippen molar-refractivity contribution in [3.63, 3.8) is 0 Å². The van der Waals surface area contributed by atoms with Crippen LogP contribution in [0.3, 0.4) is 0 Å². The van der Waals surface area contributed by atoms with Crippen molar-refractivity contribution >= 4 is 77.2 Å². The molecule has 0 spiro atoms. The number of fused-ring (bicyclic) bond motifs is 3. The molecular formula is C60H70N9O13P. The Bertz CT molecular complexity index is 3240. The summed E-state index contributed by atoms with van der Waals surface area (Å²) >= 11 is 0. The summed E-state index contributed by atoms with van der Waals surface area (Å²) in [6.07, 6.45) is 6.00. The number of H-pyrrole nitrogens is 1. The summed E-state index contributed by atoms with van der Waals surface area (Å²) < 4.78 is 11.8. The Labute approximate surface area is 479 Å². The standard InChI is InChI=1S/C60H70N9O13P/c1-67-48-31-35(19-22-41(48)52(59(67)78)42-23-28-50(71)65-54(42)73)13-7-3-2-4-12-18-51(72)68-30-29-40-21-26-47(57(76)63-44(25-27-49(61)70)55(74)66-53(36-14-8-5-9-15-36)37-16-10-6-11-17-37)69(40)58(77)46(34-68)64-56(75)45-33-39-32-38(20-24-43(39)62-45)60(79)83(80,81)82/h5-6,8-11,14-17,20,24,32-33,35,40-42,44,46-48,52-53,62H,2-4,12,18-19,21-23,25-31,34H2,1H3,(H2,61,70)(H,63,76)(H,64,75)(H,66,74)(H,65,71,73)(H2,80,81,82)/t35?,40-,41?,42?,44+,46+,47+,48?,52?/m1/s1. The number of aromatic nitrogens is 1. The smallest absolute Gasteiger partial charge is 0.370 e. The second-order valence-corrected chi connectivity index (χ2v) is 24.0. The van der Waals surface area contributed by atoms with Gasteiger partial charge in [-0.25, -0.2) is 0 Å². The number of imide groups is 1. The van der Waals surface area contributed by atoms with Crippen molar-refractivity contribution in [3.05, 3.63) is 107 Å². The van der Waals surface area contributed by atoms with Gasteiger partial charge in [-0.1, -0.05) is 73.0 Å². The summed E-state index contributed by atoms with van der Waals surface area (Å²) in [5, 5.41) is 11.3. The van der Waals surface area contributed by atoms with E-state index < -0.39 is 84.7 Å². The highest BCUT2D eigenvalue weighted by atomic mass is 31.2. The largest absolute Gasteiger partial charge is 0.396 e. The highest BCUT2D eigenvalue weighted by Crippen LogP contribution is 2.46. The number of nitrogens with two attached hydrogens (primary N) is 1. The molecule has 4 aromatic rings. The molecule has 1 aliphatic carbocycles. The topological polar surface area (TPSA) is 328 Å². The number of likely N-dealkylation sites (tertiary alicyclic amines) is 1. The molecule has 4 aliphatic heterocycles. The lowest BCUT2D eigenvalue weighted by atomic mass is 9.70. The van der Waals surface area contributed by atoms with E-state index in [0.29, 0.717) is 50.5 Å². The molecule has 5 aliphatic rings. The third-order valence-electron chi connectivity index (χ3n) is 17.1. The zero-order chi connectivity index (χ0) is 59.1. The first-order valence-electron chi connectivity index (χ1n) is 28.5. The maximum absolute atomic E-state index is 15.0. The molecule has 9 atom stereocenters. The van der Waals surface area contributed by atoms with Crippen molar-refractivity contribution in [3.8, 4) is 11.8 Å². The van der Waals surface area contributed by atoms with E-state index in [1.54, 1.807) is 16.8 Å². The summed E-state index contributed by atoms with van der Waals surface area (Å²) in [5.41, 5.74) is 5.68. The molecule has 438 valence electrons. The van der Waals surface area contributed by atoms with E-state index in [4.69, 9.17) is 5.73 Å². The van der Waals surface area contributed by atoms with Gasteiger partial charge in [0, 0.05) is 80.3 Å². The molecule has 9 rings (SSSR count). The molecule has 83 heavy (non-hydrogen) atoms. The van der Waals surface area contributed by atoms with Crippen LogP contribution in [0.15, 0.2) is 84.9 Å². The summed E-state index contributed by atoms with van der Waals surface area (Å²) in [6.45, 7) is -0.0690. The van der Waals surface area contributed by atoms with Gasteiger partial charge in [0.15, 0.2) is 0 Å². The minimum atomic E-state index is -5.12. The molecule has 0 bridgehead atoms. The zero-order valence-corrected chi connectivity index (χ0v) is 47.0. The summed E-state index contributed by atoms with van der Waals surface area (Å²) in [6, 6.07) is 18.7. The van der Waals surface area contributed by atoms with Crippen LogP contribution < -0.4 is 27.0 Å². The van der Waals surface area contributed by atoms with Crippen LogP contribution in [0.4, 0.5) is 0 Å². The number of primary amides is 1. The SMILES string of the molecule is CN1C(=O)C(C2CCC(=O)NC2=O)C2CCC(C#CCCCCCC(=O)N3CC[C@H]4CC[C@@H](C(=O)N[C@@H](CCC(N)=O)C(=O)NC(c5ccccc5)c5ccccc5)N4C(=O)[C@@H](NC(=O)c4cc5cc(C(=O)P(=O)(O)O)ccc5[nH]4)C3)CC21. The Morgan fingerprint density at radius 3 is 2.23 bits per heavy atom. The number of hydrogen-bond donors (Lipinski definition) is 8. The van der Waals surface area contributed by atoms with Crippen molar-refractivity contribution < 1.29 is 62.3 Å². The van der Waals surface area contributed by atoms with Crippen LogP contribution in [0, 0.1) is 35.5 Å². The van der Waals surface area contributed by atoms with Crippen molar-refractivity contribution in [1.82, 2.24) is 41.0 Å². The van der Waals surface area contributed by atoms with Gasteiger partial charge in [-0.2, -0.15) is 0 Å². The van der Waals surface area contributed by atoms with Crippen LogP contribution in [-0.4, -0.2) is 139 Å². The van der Waals surface area contributed by atoms with E-state index in [1.807, 2.05) is 60.7 Å². The second kappa shape index (κ2) is 26.1. The van der Waals surface area contributed by atoms with Gasteiger partial charge >= 0.3 is 7.60 Å². The Hall–Kier alpha value is -7.99. The second-order valence-electron chi connectivity index (χ2n) is 22.5. The van der Waals surface area contributed by atoms with E-state index in [9.17, 15) is 57.5 Å². The summed E-state index contributed by atoms with van der Waals surface area (Å²) in [5.74, 6) is 1.55. The average molecular weight is 1160 g/mol. The molecule has 23 heteroatoms. The molecule has 0 radical (unpaired) electrons. The minimum Gasteiger partial charge on any atom is -0.370 e. The molecule has 1 saturated carbocycles. The van der Waals surface area contributed by atoms with Gasteiger partial charge in [0.1, 0.15) is 23.8 Å². The Morgan fingerprint density at radius 1 is 0.819 bits per heavy atom. The molecule has 4 saturated heterocycles. The van der Waals surface area contributed by atoms with E-state index >= 15 is 4.79 Å². The fraction of sp³-hybridized carbons (Fsp3) is 0.467. The quantitative estimate of drug-likeness (QED) is 0.0288. The first kappa shape index (κ1) is 59.6. The van der Waals surface area contributed by atoms with Crippen LogP contribution in [0.5, 0.6) is 0 Å². The number of rotatable bonds is 19. The number of piperidine rings is 1. The average Bonchev–Trinajstić information content (AvgIpc) is 3.19. The van der Waals surface area contributed by atoms with E-state index in [0.717, 1.165) is 30.4 Å². The summed E-state index contributed by atoms with van der Waals surface area (Å²) in [7, 11) is -3.34. The summed E-state index contributed by atoms with van der Waals surface area (Å²) in [4.78, 5) is 161. The number of aromatic amines is 1. The predicted molar refractivity (Wildman–Crippen MR) is 302 cm³/mol. The predicted octanol–water partition coefficient (Wildman–Crippen LogP) is 3.71. The van der Waals surface area contributed by atoms with Gasteiger partial charge in [-0.3, -0.25) is 57.8 Å². The number of amides is 9. The number of benzene rings is 3. The number of hydrogen-bond acceptors (Lipinski definition) is 11. The van der Waals surface area contributed by atoms with Crippen LogP contribution in [-0.2, 0) is 42.9 Å². The number of unbranched alkanes of at least 4 members (excludes halogenated alkanes) is 3. The minimum absolute atomic E-state index is 0.0286. The Morgan fingerprint density at radius 2 is 1.54 bits per heavy atom. The third-order valence-corrected chi connectivity index (χ3v) is 17.9. The third kappa shape index (κ3) is 13.9. The molecule has 5 unspecified atom stereocenters. The molecule has 22 nitrogen and oxygen atoms in total. The number of carbonyl (C=O) groups excluding carboxylic acids is 10. The van der Waals surface area contributed by atoms with Crippen molar-refractivity contribution in [1.29, 1.82) is 0 Å². The molecule has 5 heterocycles. The lowest BCUT2D eigenvalue weighted by Gasteiger charge is -2.39. The van der Waals surface area contributed by atoms with Crippen molar-refractivity contribution in [2.45, 2.75) is 133 Å². The van der Waals surface area contributed by atoms with Crippen molar-refractivity contribution in [2.75, 3.05) is 20.1 Å². The van der Waals surface area contributed by atoms with Gasteiger partial charge in [0.05, 0.1) is 17.9 Å². The molecule has 1 aromatic heterocycles. The van der Waals surface area contributed by atoms with Gasteiger partial charge in [0.25, 0.3) is 11.4 Å². The molecular weight excluding hydrogens is 1090 g/mol. The Balaban J connectivity index is 0.859. The van der Waals surface area contributed by atoms with E-state index in [-0.39, 0.29) is 103 Å². The lowest BCUT2D eigenvalue weighted by Crippen LogP contribution is -2.62. The maximum atomic E-state index is 15.0. The molecule has 9 N–H and O–H groups in total. The van der Waals surface area contributed by atoms with Crippen molar-refractivity contribution in [2.24, 2.45) is 29.4 Å². The zero-order valence-electron chi connectivity index (χ0n) is 46.1. The fourth-order valence-corrected chi connectivity index (χ4v) is 13.3. The van der Waals surface area contributed by atoms with E-state index in [2.05, 4.69) is 38.1 Å². The first-order chi connectivity index (χ1) is 39.7. The first-order valence-corrected chi connectivity index (χ1v) is 30.1. The lowest BCUT2D eigenvalue weighted by molar-refractivity contribution is -0.145. The molecule has 9 amide bonds. The molecule has 3 aromatic carbocycles. The van der Waals surface area contributed by atoms with Crippen LogP contribution in [0.25, 0.3) is 10.9 Å². The number of nitrogens with zero attached hydrogens (tertiary/aromatic N) is 3. The van der Waals surface area contributed by atoms with Gasteiger partial charge in [0.2, 0.25) is 47.3 Å². The highest BCUT2D eigenvalue weighted by molar-refractivity contribution is 7.70. The van der Waals surface area contributed by atoms with Gasteiger partial charge in [-0.05, 0) is 106 Å². The molecule has 5 fully saturated rings. The maximum Gasteiger partial charge on any atom is 0.396 e. The number of carbonyl (C=O) groups is 10. The fourth-order valence-electron chi connectivity index (χ4n) is 12.8. The highest BCUT2D eigenvalue weighted by Gasteiger charge is 2.54. The normalized spacial score (nSPS) is 23.9. The Kier molecular flexibility index (Phi) is 18.7. The van der Waals surface area contributed by atoms with Gasteiger partial charge < -0.3 is 51.2 Å². The van der Waals surface area contributed by atoms with Crippen LogP contribution >= 0.6 is 7.60 Å². The van der Waals surface area contributed by atoms with Gasteiger partial charge in [-0.15, -0.1) is 5.92 Å². The monoisotopic (exact) mass is 1160 g/mol. The van der Waals surface area contributed by atoms with Crippen LogP contribution in [0.2, 0.25) is 0 Å². The number of nitrogens with one attached hydrogen (secondary N) is 5.